The average molecular weight is 338 g/mol. The van der Waals surface area contributed by atoms with Crippen molar-refractivity contribution >= 4 is 32.8 Å². The van der Waals surface area contributed by atoms with E-state index in [9.17, 15) is 4.79 Å². The molecule has 0 saturated heterocycles. The minimum atomic E-state index is -0.915. The summed E-state index contributed by atoms with van der Waals surface area (Å²) in [5.74, 6) is 0.695. The minimum absolute atomic E-state index is 0.233. The van der Waals surface area contributed by atoms with Crippen LogP contribution in [-0.4, -0.2) is 11.8 Å². The van der Waals surface area contributed by atoms with Crippen molar-refractivity contribution in [3.05, 3.63) is 64.1 Å². The molecule has 19 heavy (non-hydrogen) atoms. The quantitative estimate of drug-likeness (QED) is 0.777. The van der Waals surface area contributed by atoms with Gasteiger partial charge in [-0.2, -0.15) is 0 Å². The predicted molar refractivity (Wildman–Crippen MR) is 77.7 cm³/mol. The van der Waals surface area contributed by atoms with E-state index >= 15 is 0 Å². The molecule has 0 bridgehead atoms. The van der Waals surface area contributed by atoms with Gasteiger partial charge >= 0.3 is 0 Å². The SMILES string of the molecule is O=C(Cl)C1(c2ccccc2)COc2c(Br)cccc21. The fraction of sp³-hybridized carbons (Fsp3) is 0.133. The highest BCUT2D eigenvalue weighted by atomic mass is 79.9. The number of hydrogen-bond donors (Lipinski definition) is 0. The molecule has 1 aliphatic rings. The second-order valence-corrected chi connectivity index (χ2v) is 5.65. The van der Waals surface area contributed by atoms with Crippen molar-refractivity contribution in [3.63, 3.8) is 0 Å². The van der Waals surface area contributed by atoms with E-state index in [1.165, 1.54) is 0 Å². The second-order valence-electron chi connectivity index (χ2n) is 4.45. The maximum atomic E-state index is 12.1. The van der Waals surface area contributed by atoms with Gasteiger partial charge in [0.25, 0.3) is 0 Å². The van der Waals surface area contributed by atoms with Gasteiger partial charge in [-0.05, 0) is 39.2 Å². The second kappa shape index (κ2) is 4.66. The number of benzene rings is 2. The molecule has 2 aromatic carbocycles. The smallest absolute Gasteiger partial charge is 0.240 e. The molecule has 0 saturated carbocycles. The van der Waals surface area contributed by atoms with Gasteiger partial charge in [0.2, 0.25) is 5.24 Å². The standard InChI is InChI=1S/C15H10BrClO2/c16-12-8-4-7-11-13(12)19-9-15(11,14(17)18)10-5-2-1-3-6-10/h1-8H,9H2. The van der Waals surface area contributed by atoms with Crippen LogP contribution in [0.4, 0.5) is 0 Å². The highest BCUT2D eigenvalue weighted by Crippen LogP contribution is 2.47. The largest absolute Gasteiger partial charge is 0.490 e. The lowest BCUT2D eigenvalue weighted by Gasteiger charge is -2.24. The Balaban J connectivity index is 2.28. The van der Waals surface area contributed by atoms with E-state index in [-0.39, 0.29) is 6.61 Å². The third-order valence-corrected chi connectivity index (χ3v) is 4.41. The summed E-state index contributed by atoms with van der Waals surface area (Å²) in [5.41, 5.74) is 0.752. The van der Waals surface area contributed by atoms with Crippen molar-refractivity contribution in [2.45, 2.75) is 5.41 Å². The molecule has 0 fully saturated rings. The summed E-state index contributed by atoms with van der Waals surface area (Å²) in [4.78, 5) is 12.1. The topological polar surface area (TPSA) is 26.3 Å². The van der Waals surface area contributed by atoms with Crippen LogP contribution in [0.25, 0.3) is 0 Å². The Labute approximate surface area is 124 Å². The zero-order valence-electron chi connectivity index (χ0n) is 9.90. The highest BCUT2D eigenvalue weighted by molar-refractivity contribution is 9.10. The van der Waals surface area contributed by atoms with Crippen molar-refractivity contribution in [2.24, 2.45) is 0 Å². The molecule has 0 aliphatic carbocycles. The molecule has 0 amide bonds. The maximum absolute atomic E-state index is 12.1. The lowest BCUT2D eigenvalue weighted by molar-refractivity contribution is -0.115. The van der Waals surface area contributed by atoms with Gasteiger partial charge in [0, 0.05) is 5.56 Å². The van der Waals surface area contributed by atoms with Crippen LogP contribution in [0.2, 0.25) is 0 Å². The molecule has 0 radical (unpaired) electrons. The number of fused-ring (bicyclic) bond motifs is 1. The lowest BCUT2D eigenvalue weighted by Crippen LogP contribution is -2.35. The third-order valence-electron chi connectivity index (χ3n) is 3.46. The van der Waals surface area contributed by atoms with E-state index in [4.69, 9.17) is 16.3 Å². The summed E-state index contributed by atoms with van der Waals surface area (Å²) in [7, 11) is 0. The molecule has 96 valence electrons. The molecule has 4 heteroatoms. The number of rotatable bonds is 2. The molecular weight excluding hydrogens is 328 g/mol. The van der Waals surface area contributed by atoms with Crippen LogP contribution in [0.15, 0.2) is 53.0 Å². The van der Waals surface area contributed by atoms with Crippen molar-refractivity contribution in [1.82, 2.24) is 0 Å². The van der Waals surface area contributed by atoms with Crippen molar-refractivity contribution in [1.29, 1.82) is 0 Å². The molecule has 0 N–H and O–H groups in total. The van der Waals surface area contributed by atoms with Crippen LogP contribution >= 0.6 is 27.5 Å². The van der Waals surface area contributed by atoms with Crippen molar-refractivity contribution in [2.75, 3.05) is 6.61 Å². The van der Waals surface area contributed by atoms with Gasteiger partial charge in [-0.3, -0.25) is 4.79 Å². The van der Waals surface area contributed by atoms with Gasteiger partial charge in [0.1, 0.15) is 17.8 Å². The van der Waals surface area contributed by atoms with Crippen LogP contribution in [0, 0.1) is 0 Å². The lowest BCUT2D eigenvalue weighted by atomic mass is 9.77. The summed E-state index contributed by atoms with van der Waals surface area (Å²) >= 11 is 9.36. The molecule has 3 rings (SSSR count). The molecule has 1 atom stereocenters. The Morgan fingerprint density at radius 3 is 2.58 bits per heavy atom. The van der Waals surface area contributed by atoms with Gasteiger partial charge in [-0.1, -0.05) is 42.5 Å². The summed E-state index contributed by atoms with van der Waals surface area (Å²) in [6.45, 7) is 0.233. The van der Waals surface area contributed by atoms with E-state index in [1.54, 1.807) is 0 Å². The fourth-order valence-corrected chi connectivity index (χ4v) is 3.23. The molecule has 0 spiro atoms. The number of carbonyl (C=O) groups is 1. The Bertz CT molecular complexity index is 642. The number of carbonyl (C=O) groups excluding carboxylic acids is 1. The molecular formula is C15H10BrClO2. The Kier molecular flexibility index (Phi) is 3.11. The van der Waals surface area contributed by atoms with E-state index in [2.05, 4.69) is 15.9 Å². The first-order valence-electron chi connectivity index (χ1n) is 5.83. The van der Waals surface area contributed by atoms with E-state index < -0.39 is 10.7 Å². The number of hydrogen-bond acceptors (Lipinski definition) is 2. The third kappa shape index (κ3) is 1.80. The highest BCUT2D eigenvalue weighted by Gasteiger charge is 2.48. The molecule has 0 aromatic heterocycles. The predicted octanol–water partition coefficient (Wildman–Crippen LogP) is 3.89. The number of para-hydroxylation sites is 1. The van der Waals surface area contributed by atoms with Crippen LogP contribution < -0.4 is 4.74 Å². The van der Waals surface area contributed by atoms with Gasteiger partial charge in [0.05, 0.1) is 4.47 Å². The van der Waals surface area contributed by atoms with Crippen molar-refractivity contribution < 1.29 is 9.53 Å². The molecule has 1 unspecified atom stereocenters. The van der Waals surface area contributed by atoms with E-state index in [1.807, 2.05) is 48.5 Å². The summed E-state index contributed by atoms with van der Waals surface area (Å²) in [6.07, 6.45) is 0. The number of ether oxygens (including phenoxy) is 1. The van der Waals surface area contributed by atoms with Crippen LogP contribution in [0.3, 0.4) is 0 Å². The zero-order chi connectivity index (χ0) is 13.5. The summed E-state index contributed by atoms with van der Waals surface area (Å²) in [6, 6.07) is 15.2. The Morgan fingerprint density at radius 1 is 1.16 bits per heavy atom. The Morgan fingerprint density at radius 2 is 1.89 bits per heavy atom. The Hall–Kier alpha value is -1.32. The van der Waals surface area contributed by atoms with Crippen LogP contribution in [0.5, 0.6) is 5.75 Å². The van der Waals surface area contributed by atoms with Crippen LogP contribution in [0.1, 0.15) is 11.1 Å². The van der Waals surface area contributed by atoms with Gasteiger partial charge in [-0.15, -0.1) is 0 Å². The number of halogens is 2. The van der Waals surface area contributed by atoms with Gasteiger partial charge in [-0.25, -0.2) is 0 Å². The molecule has 1 aliphatic heterocycles. The maximum Gasteiger partial charge on any atom is 0.240 e. The average Bonchev–Trinajstić information content (AvgIpc) is 2.82. The first-order valence-corrected chi connectivity index (χ1v) is 7.00. The normalized spacial score (nSPS) is 20.7. The van der Waals surface area contributed by atoms with Crippen LogP contribution in [-0.2, 0) is 10.2 Å². The zero-order valence-corrected chi connectivity index (χ0v) is 12.2. The fourth-order valence-electron chi connectivity index (χ4n) is 2.49. The van der Waals surface area contributed by atoms with Crippen molar-refractivity contribution in [3.8, 4) is 5.75 Å². The molecule has 2 aromatic rings. The van der Waals surface area contributed by atoms with E-state index in [0.29, 0.717) is 5.75 Å². The minimum Gasteiger partial charge on any atom is -0.490 e. The summed E-state index contributed by atoms with van der Waals surface area (Å²) < 4.78 is 6.54. The van der Waals surface area contributed by atoms with E-state index in [0.717, 1.165) is 15.6 Å². The molecule has 1 heterocycles. The first-order chi connectivity index (χ1) is 9.16. The summed E-state index contributed by atoms with van der Waals surface area (Å²) in [5, 5.41) is -0.421. The van der Waals surface area contributed by atoms with Gasteiger partial charge < -0.3 is 4.74 Å². The molecule has 2 nitrogen and oxygen atoms in total. The first kappa shape index (κ1) is 12.7. The van der Waals surface area contributed by atoms with Gasteiger partial charge in [0.15, 0.2) is 0 Å². The monoisotopic (exact) mass is 336 g/mol.